The van der Waals surface area contributed by atoms with Gasteiger partial charge in [-0.3, -0.25) is 14.2 Å². The summed E-state index contributed by atoms with van der Waals surface area (Å²) in [6, 6.07) is 1.63. The van der Waals surface area contributed by atoms with E-state index in [2.05, 4.69) is 6.58 Å². The van der Waals surface area contributed by atoms with Crippen LogP contribution in [0, 0.1) is 0 Å². The lowest BCUT2D eigenvalue weighted by atomic mass is 9.90. The second-order valence-electron chi connectivity index (χ2n) is 6.89. The highest BCUT2D eigenvalue weighted by atomic mass is 16.6. The molecule has 3 heterocycles. The van der Waals surface area contributed by atoms with Gasteiger partial charge in [0.05, 0.1) is 12.1 Å². The van der Waals surface area contributed by atoms with Gasteiger partial charge in [-0.1, -0.05) is 12.7 Å². The van der Waals surface area contributed by atoms with Crippen molar-refractivity contribution in [1.82, 2.24) is 4.57 Å². The van der Waals surface area contributed by atoms with Gasteiger partial charge in [0.15, 0.2) is 6.10 Å². The number of ether oxygens (including phenoxy) is 3. The fourth-order valence-electron chi connectivity index (χ4n) is 3.36. The summed E-state index contributed by atoms with van der Waals surface area (Å²) in [6.07, 6.45) is 2.30. The lowest BCUT2D eigenvalue weighted by Crippen LogP contribution is -2.43. The summed E-state index contributed by atoms with van der Waals surface area (Å²) in [5, 5.41) is 0. The van der Waals surface area contributed by atoms with Crippen LogP contribution in [-0.4, -0.2) is 34.0 Å². The lowest BCUT2D eigenvalue weighted by molar-refractivity contribution is -0.176. The molecule has 0 aromatic carbocycles. The number of nitrogens with zero attached hydrogens (tertiary/aromatic N) is 1. The van der Waals surface area contributed by atoms with Crippen molar-refractivity contribution in [2.24, 2.45) is 0 Å². The van der Waals surface area contributed by atoms with Crippen molar-refractivity contribution >= 4 is 23.8 Å². The van der Waals surface area contributed by atoms with Crippen molar-refractivity contribution in [2.45, 2.75) is 51.9 Å². The molecule has 148 valence electrons. The molecule has 0 saturated heterocycles. The highest BCUT2D eigenvalue weighted by molar-refractivity contribution is 5.92. The molecule has 0 saturated carbocycles. The minimum atomic E-state index is -1.77. The molecule has 0 aliphatic carbocycles. The largest absolute Gasteiger partial charge is 0.458 e. The first-order valence-corrected chi connectivity index (χ1v) is 8.82. The van der Waals surface area contributed by atoms with Gasteiger partial charge in [0.1, 0.15) is 6.61 Å². The third kappa shape index (κ3) is 3.26. The maximum absolute atomic E-state index is 12.8. The highest BCUT2D eigenvalue weighted by Gasteiger charge is 2.43. The summed E-state index contributed by atoms with van der Waals surface area (Å²) in [5.74, 6) is -2.33. The van der Waals surface area contributed by atoms with Gasteiger partial charge in [0, 0.05) is 30.7 Å². The topological polar surface area (TPSA) is 101 Å². The van der Waals surface area contributed by atoms with E-state index in [0.717, 1.165) is 0 Å². The van der Waals surface area contributed by atoms with E-state index in [4.69, 9.17) is 14.2 Å². The Bertz CT molecular complexity index is 923. The predicted octanol–water partition coefficient (Wildman–Crippen LogP) is 2.39. The number of hydrogen-bond acceptors (Lipinski definition) is 7. The maximum Gasteiger partial charge on any atom is 0.355 e. The van der Waals surface area contributed by atoms with Crippen LogP contribution in [-0.2, 0) is 35.2 Å². The minimum absolute atomic E-state index is 0.0198. The Hall–Kier alpha value is -3.16. The van der Waals surface area contributed by atoms with Gasteiger partial charge in [-0.15, -0.1) is 0 Å². The number of allylic oxidation sites excluding steroid dienone is 1. The molecule has 28 heavy (non-hydrogen) atoms. The molecule has 1 aromatic rings. The quantitative estimate of drug-likeness (QED) is 0.316. The fraction of sp³-hybridized carbons (Fsp3) is 0.400. The molecule has 8 heteroatoms. The average Bonchev–Trinajstić information content (AvgIpc) is 3.17. The van der Waals surface area contributed by atoms with E-state index >= 15 is 0 Å². The molecule has 0 bridgehead atoms. The standard InChI is InChI=1S/C20H21NO7/c1-5-13-8-11(2)20(4,28-12(3)22)19(25)26-10-14-6-7-21-16(23)9-15(17(14)21)27-18(13)24/h5-7,15H,2,8-10H2,1,3-4H3/t15-,20-/m1/s1. The Morgan fingerprint density at radius 1 is 1.39 bits per heavy atom. The summed E-state index contributed by atoms with van der Waals surface area (Å²) < 4.78 is 17.6. The van der Waals surface area contributed by atoms with Crippen molar-refractivity contribution in [1.29, 1.82) is 0 Å². The van der Waals surface area contributed by atoms with Gasteiger partial charge in [0.2, 0.25) is 11.5 Å². The van der Waals surface area contributed by atoms with Crippen molar-refractivity contribution in [3.05, 3.63) is 47.3 Å². The number of aromatic nitrogens is 1. The summed E-state index contributed by atoms with van der Waals surface area (Å²) >= 11 is 0. The molecule has 8 nitrogen and oxygen atoms in total. The zero-order chi connectivity index (χ0) is 20.6. The van der Waals surface area contributed by atoms with Gasteiger partial charge >= 0.3 is 17.9 Å². The SMILES string of the molecule is C=C1CC(=CC)C(=O)O[C@@H]2CC(=O)n3ccc(c32)COC(=O)[C@]1(C)OC(C)=O. The van der Waals surface area contributed by atoms with E-state index in [1.807, 2.05) is 0 Å². The van der Waals surface area contributed by atoms with Crippen LogP contribution in [0.15, 0.2) is 36.1 Å². The molecular weight excluding hydrogens is 366 g/mol. The van der Waals surface area contributed by atoms with Crippen molar-refractivity contribution in [3.63, 3.8) is 0 Å². The monoisotopic (exact) mass is 387 g/mol. The average molecular weight is 387 g/mol. The Labute approximate surface area is 161 Å². The smallest absolute Gasteiger partial charge is 0.355 e. The highest BCUT2D eigenvalue weighted by Crippen LogP contribution is 2.36. The van der Waals surface area contributed by atoms with Crippen molar-refractivity contribution in [2.75, 3.05) is 0 Å². The third-order valence-electron chi connectivity index (χ3n) is 4.98. The molecule has 0 unspecified atom stereocenters. The summed E-state index contributed by atoms with van der Waals surface area (Å²) in [4.78, 5) is 49.2. The van der Waals surface area contributed by atoms with Crippen LogP contribution >= 0.6 is 0 Å². The normalized spacial score (nSPS) is 26.8. The molecule has 0 fully saturated rings. The number of cyclic esters (lactones) is 1. The van der Waals surface area contributed by atoms with E-state index in [0.29, 0.717) is 11.3 Å². The molecular formula is C20H21NO7. The van der Waals surface area contributed by atoms with Crippen LogP contribution < -0.4 is 0 Å². The van der Waals surface area contributed by atoms with Gasteiger partial charge in [-0.2, -0.15) is 0 Å². The second kappa shape index (κ2) is 7.10. The zero-order valence-electron chi connectivity index (χ0n) is 15.9. The molecule has 2 aliphatic heterocycles. The third-order valence-corrected chi connectivity index (χ3v) is 4.98. The van der Waals surface area contributed by atoms with Crippen molar-refractivity contribution < 1.29 is 33.4 Å². The van der Waals surface area contributed by atoms with Crippen LogP contribution in [0.25, 0.3) is 0 Å². The Morgan fingerprint density at radius 3 is 2.75 bits per heavy atom. The molecule has 0 amide bonds. The van der Waals surface area contributed by atoms with Gasteiger partial charge < -0.3 is 14.2 Å². The molecule has 1 aromatic heterocycles. The molecule has 0 N–H and O–H groups in total. The van der Waals surface area contributed by atoms with Gasteiger partial charge in [-0.25, -0.2) is 9.59 Å². The van der Waals surface area contributed by atoms with Gasteiger partial charge in [-0.05, 0) is 25.5 Å². The van der Waals surface area contributed by atoms with Crippen LogP contribution in [0.2, 0.25) is 0 Å². The zero-order valence-corrected chi connectivity index (χ0v) is 15.9. The number of carbonyl (C=O) groups is 4. The molecule has 2 atom stereocenters. The minimum Gasteiger partial charge on any atom is -0.458 e. The molecule has 3 rings (SSSR count). The van der Waals surface area contributed by atoms with E-state index in [1.165, 1.54) is 24.5 Å². The predicted molar refractivity (Wildman–Crippen MR) is 96.0 cm³/mol. The van der Waals surface area contributed by atoms with Crippen LogP contribution in [0.5, 0.6) is 0 Å². The number of esters is 3. The van der Waals surface area contributed by atoms with Crippen molar-refractivity contribution in [3.8, 4) is 0 Å². The van der Waals surface area contributed by atoms with E-state index in [1.54, 1.807) is 19.2 Å². The van der Waals surface area contributed by atoms with Crippen LogP contribution in [0.4, 0.5) is 0 Å². The Balaban J connectivity index is 2.05. The Morgan fingerprint density at radius 2 is 2.11 bits per heavy atom. The first-order valence-electron chi connectivity index (χ1n) is 8.82. The van der Waals surface area contributed by atoms with E-state index < -0.39 is 29.6 Å². The first-order chi connectivity index (χ1) is 13.2. The number of hydrogen-bond donors (Lipinski definition) is 0. The molecule has 2 aliphatic rings. The van der Waals surface area contributed by atoms with Crippen LogP contribution in [0.3, 0.4) is 0 Å². The first kappa shape index (κ1) is 19.6. The summed E-state index contributed by atoms with van der Waals surface area (Å²) in [6.45, 7) is 7.87. The maximum atomic E-state index is 12.8. The number of carbonyl (C=O) groups excluding carboxylic acids is 4. The van der Waals surface area contributed by atoms with E-state index in [9.17, 15) is 19.2 Å². The summed E-state index contributed by atoms with van der Waals surface area (Å²) in [5.41, 5.74) is -0.336. The van der Waals surface area contributed by atoms with E-state index in [-0.39, 0.29) is 36.5 Å². The summed E-state index contributed by atoms with van der Waals surface area (Å²) in [7, 11) is 0. The molecule has 0 radical (unpaired) electrons. The van der Waals surface area contributed by atoms with Gasteiger partial charge in [0.25, 0.3) is 0 Å². The Kier molecular flexibility index (Phi) is 4.97. The number of rotatable bonds is 1. The lowest BCUT2D eigenvalue weighted by Gasteiger charge is -2.30. The second-order valence-corrected chi connectivity index (χ2v) is 6.89. The molecule has 0 spiro atoms. The van der Waals surface area contributed by atoms with Crippen LogP contribution in [0.1, 0.15) is 55.8 Å². The fourth-order valence-corrected chi connectivity index (χ4v) is 3.36.